The van der Waals surface area contributed by atoms with Crippen LogP contribution in [-0.2, 0) is 16.0 Å². The molecule has 1 aliphatic heterocycles. The van der Waals surface area contributed by atoms with Gasteiger partial charge in [0.15, 0.2) is 0 Å². The van der Waals surface area contributed by atoms with E-state index in [0.29, 0.717) is 43.5 Å². The molecule has 4 rings (SSSR count). The van der Waals surface area contributed by atoms with Crippen LogP contribution in [0, 0.1) is 5.82 Å². The third kappa shape index (κ3) is 6.27. The van der Waals surface area contributed by atoms with Crippen LogP contribution in [0.1, 0.15) is 48.3 Å². The second kappa shape index (κ2) is 11.2. The van der Waals surface area contributed by atoms with E-state index in [1.807, 2.05) is 36.4 Å². The first-order valence-corrected chi connectivity index (χ1v) is 12.0. The molecule has 3 aromatic rings. The zero-order chi connectivity index (χ0) is 24.7. The fraction of sp³-hybridized carbons (Fsp3) is 0.310. The van der Waals surface area contributed by atoms with E-state index in [4.69, 9.17) is 4.74 Å². The van der Waals surface area contributed by atoms with Crippen LogP contribution in [-0.4, -0.2) is 31.0 Å². The molecule has 0 radical (unpaired) electrons. The summed E-state index contributed by atoms with van der Waals surface area (Å²) in [5, 5.41) is 6.11. The van der Waals surface area contributed by atoms with Crippen LogP contribution in [0.5, 0.6) is 5.75 Å². The van der Waals surface area contributed by atoms with E-state index in [1.54, 1.807) is 12.1 Å². The lowest BCUT2D eigenvalue weighted by molar-refractivity contribution is -0.122. The molecule has 0 bridgehead atoms. The Kier molecular flexibility index (Phi) is 7.80. The van der Waals surface area contributed by atoms with Crippen LogP contribution in [0.4, 0.5) is 4.39 Å². The molecule has 2 N–H and O–H groups in total. The maximum Gasteiger partial charge on any atom is 0.220 e. The molecule has 35 heavy (non-hydrogen) atoms. The van der Waals surface area contributed by atoms with Crippen LogP contribution in [0.2, 0.25) is 0 Å². The van der Waals surface area contributed by atoms with Gasteiger partial charge in [0, 0.05) is 30.8 Å². The topological polar surface area (TPSA) is 67.4 Å². The monoisotopic (exact) mass is 474 g/mol. The summed E-state index contributed by atoms with van der Waals surface area (Å²) in [6.45, 7) is 0.469. The van der Waals surface area contributed by atoms with E-state index in [9.17, 15) is 14.0 Å². The fourth-order valence-electron chi connectivity index (χ4n) is 4.82. The van der Waals surface area contributed by atoms with Crippen molar-refractivity contribution in [1.29, 1.82) is 0 Å². The van der Waals surface area contributed by atoms with Crippen molar-refractivity contribution in [1.82, 2.24) is 10.6 Å². The second-order valence-electron chi connectivity index (χ2n) is 9.14. The van der Waals surface area contributed by atoms with E-state index in [1.165, 1.54) is 13.2 Å². The van der Waals surface area contributed by atoms with Gasteiger partial charge in [-0.15, -0.1) is 0 Å². The maximum absolute atomic E-state index is 14.5. The molecule has 0 spiro atoms. The third-order valence-corrected chi connectivity index (χ3v) is 6.75. The second-order valence-corrected chi connectivity index (χ2v) is 9.14. The van der Waals surface area contributed by atoms with Crippen molar-refractivity contribution in [3.05, 3.63) is 101 Å². The molecular formula is C29H31FN2O3. The number of carbonyl (C=O) groups excluding carboxylic acids is 2. The van der Waals surface area contributed by atoms with Crippen molar-refractivity contribution in [2.75, 3.05) is 13.7 Å². The van der Waals surface area contributed by atoms with Crippen LogP contribution < -0.4 is 15.4 Å². The number of ether oxygens (including phenoxy) is 1. The average Bonchev–Trinajstić information content (AvgIpc) is 3.26. The number of amides is 2. The average molecular weight is 475 g/mol. The Labute approximate surface area is 205 Å². The zero-order valence-corrected chi connectivity index (χ0v) is 19.9. The van der Waals surface area contributed by atoms with Crippen LogP contribution in [0.25, 0.3) is 0 Å². The zero-order valence-electron chi connectivity index (χ0n) is 19.9. The van der Waals surface area contributed by atoms with Crippen molar-refractivity contribution in [2.45, 2.75) is 43.6 Å². The lowest BCUT2D eigenvalue weighted by Gasteiger charge is -2.30. The third-order valence-electron chi connectivity index (χ3n) is 6.75. The summed E-state index contributed by atoms with van der Waals surface area (Å²) < 4.78 is 19.7. The van der Waals surface area contributed by atoms with Crippen LogP contribution in [0.15, 0.2) is 78.9 Å². The predicted octanol–water partition coefficient (Wildman–Crippen LogP) is 4.75. The summed E-state index contributed by atoms with van der Waals surface area (Å²) in [7, 11) is 1.53. The van der Waals surface area contributed by atoms with Gasteiger partial charge in [-0.05, 0) is 54.2 Å². The molecule has 2 amide bonds. The first-order chi connectivity index (χ1) is 17.0. The Morgan fingerprint density at radius 2 is 1.71 bits per heavy atom. The molecule has 1 saturated heterocycles. The SMILES string of the molecule is COc1ccc(F)c(CC2(CCC(=O)NCC(c3ccccc3)c3ccccc3)CCC(=O)N2)c1. The number of benzene rings is 3. The molecule has 5 nitrogen and oxygen atoms in total. The molecule has 182 valence electrons. The normalized spacial score (nSPS) is 17.3. The largest absolute Gasteiger partial charge is 0.497 e. The first-order valence-electron chi connectivity index (χ1n) is 12.0. The predicted molar refractivity (Wildman–Crippen MR) is 134 cm³/mol. The number of rotatable bonds is 10. The van der Waals surface area contributed by atoms with E-state index < -0.39 is 5.54 Å². The lowest BCUT2D eigenvalue weighted by Crippen LogP contribution is -2.45. The molecule has 3 aromatic carbocycles. The van der Waals surface area contributed by atoms with Gasteiger partial charge in [0.25, 0.3) is 0 Å². The summed E-state index contributed by atoms with van der Waals surface area (Å²) >= 11 is 0. The number of nitrogens with one attached hydrogen (secondary N) is 2. The van der Waals surface area contributed by atoms with E-state index in [0.717, 1.165) is 11.1 Å². The number of hydrogen-bond acceptors (Lipinski definition) is 3. The Morgan fingerprint density at radius 3 is 2.29 bits per heavy atom. The lowest BCUT2D eigenvalue weighted by atomic mass is 9.84. The quantitative estimate of drug-likeness (QED) is 0.446. The molecule has 6 heteroatoms. The highest BCUT2D eigenvalue weighted by atomic mass is 19.1. The number of carbonyl (C=O) groups is 2. The van der Waals surface area contributed by atoms with Gasteiger partial charge >= 0.3 is 0 Å². The molecule has 1 heterocycles. The Morgan fingerprint density at radius 1 is 1.06 bits per heavy atom. The molecule has 0 aliphatic carbocycles. The highest BCUT2D eigenvalue weighted by Crippen LogP contribution is 2.32. The van der Waals surface area contributed by atoms with Gasteiger partial charge in [-0.3, -0.25) is 9.59 Å². The Hall–Kier alpha value is -3.67. The van der Waals surface area contributed by atoms with Gasteiger partial charge < -0.3 is 15.4 Å². The van der Waals surface area contributed by atoms with Gasteiger partial charge in [-0.25, -0.2) is 4.39 Å². The van der Waals surface area contributed by atoms with Crippen LogP contribution in [0.3, 0.4) is 0 Å². The van der Waals surface area contributed by atoms with E-state index in [-0.39, 0.29) is 30.0 Å². The van der Waals surface area contributed by atoms with Gasteiger partial charge in [0.2, 0.25) is 11.8 Å². The van der Waals surface area contributed by atoms with Crippen molar-refractivity contribution >= 4 is 11.8 Å². The highest BCUT2D eigenvalue weighted by molar-refractivity contribution is 5.80. The maximum atomic E-state index is 14.5. The summed E-state index contributed by atoms with van der Waals surface area (Å²) in [5.74, 6) is 0.0960. The summed E-state index contributed by atoms with van der Waals surface area (Å²) in [5.41, 5.74) is 2.08. The smallest absolute Gasteiger partial charge is 0.220 e. The standard InChI is InChI=1S/C29H31FN2O3/c1-35-24-12-13-26(30)23(18-24)19-29(17-15-28(34)32-29)16-14-27(33)31-20-25(21-8-4-2-5-9-21)22-10-6-3-7-11-22/h2-13,18,25H,14-17,19-20H2,1H3,(H,31,33)(H,32,34). The minimum Gasteiger partial charge on any atom is -0.497 e. The fourth-order valence-corrected chi connectivity index (χ4v) is 4.82. The van der Waals surface area contributed by atoms with Gasteiger partial charge in [0.05, 0.1) is 7.11 Å². The molecule has 1 aliphatic rings. The number of methoxy groups -OCH3 is 1. The van der Waals surface area contributed by atoms with Crippen LogP contribution >= 0.6 is 0 Å². The summed E-state index contributed by atoms with van der Waals surface area (Å²) in [4.78, 5) is 25.0. The van der Waals surface area contributed by atoms with Crippen molar-refractivity contribution in [3.63, 3.8) is 0 Å². The molecule has 0 aromatic heterocycles. The Balaban J connectivity index is 1.42. The van der Waals surface area contributed by atoms with E-state index in [2.05, 4.69) is 34.9 Å². The van der Waals surface area contributed by atoms with Gasteiger partial charge in [-0.1, -0.05) is 60.7 Å². The molecule has 1 fully saturated rings. The number of hydrogen-bond donors (Lipinski definition) is 2. The van der Waals surface area contributed by atoms with Crippen molar-refractivity contribution in [2.24, 2.45) is 0 Å². The molecule has 1 atom stereocenters. The first kappa shape index (κ1) is 24.5. The number of halogens is 1. The summed E-state index contributed by atoms with van der Waals surface area (Å²) in [6.07, 6.45) is 1.92. The molecule has 1 unspecified atom stereocenters. The molecular weight excluding hydrogens is 443 g/mol. The van der Waals surface area contributed by atoms with Gasteiger partial charge in [0.1, 0.15) is 11.6 Å². The molecule has 0 saturated carbocycles. The summed E-state index contributed by atoms with van der Waals surface area (Å²) in [6, 6.07) is 24.8. The Bertz CT molecular complexity index is 1110. The highest BCUT2D eigenvalue weighted by Gasteiger charge is 2.38. The van der Waals surface area contributed by atoms with E-state index >= 15 is 0 Å². The van der Waals surface area contributed by atoms with Gasteiger partial charge in [-0.2, -0.15) is 0 Å². The minimum absolute atomic E-state index is 0.0346. The minimum atomic E-state index is -0.653. The van der Waals surface area contributed by atoms with Crippen molar-refractivity contribution in [3.8, 4) is 5.75 Å². The van der Waals surface area contributed by atoms with Crippen molar-refractivity contribution < 1.29 is 18.7 Å².